The molecule has 0 saturated carbocycles. The molecule has 1 fully saturated rings. The number of halogens is 1. The van der Waals surface area contributed by atoms with Gasteiger partial charge in [0, 0.05) is 38.3 Å². The molecule has 1 N–H and O–H groups in total. The normalized spacial score (nSPS) is 17.8. The molecule has 1 aliphatic rings. The lowest BCUT2D eigenvalue weighted by Gasteiger charge is -2.36. The number of nitrogens with one attached hydrogen (secondary N) is 1. The van der Waals surface area contributed by atoms with Crippen molar-refractivity contribution in [1.82, 2.24) is 24.7 Å². The summed E-state index contributed by atoms with van der Waals surface area (Å²) in [5.74, 6) is 0.229. The number of carbonyl (C=O) groups is 1. The number of likely N-dealkylation sites (N-methyl/N-ethyl adjacent to an activating group) is 1. The summed E-state index contributed by atoms with van der Waals surface area (Å²) < 4.78 is 14.0. The van der Waals surface area contributed by atoms with Crippen molar-refractivity contribution < 1.29 is 9.18 Å². The highest BCUT2D eigenvalue weighted by Crippen LogP contribution is 2.21. The Labute approximate surface area is 166 Å². The van der Waals surface area contributed by atoms with Crippen LogP contribution in [0.1, 0.15) is 28.9 Å². The zero-order valence-electron chi connectivity index (χ0n) is 16.8. The van der Waals surface area contributed by atoms with Gasteiger partial charge >= 0.3 is 0 Å². The van der Waals surface area contributed by atoms with Crippen molar-refractivity contribution in [3.63, 3.8) is 0 Å². The van der Waals surface area contributed by atoms with Crippen molar-refractivity contribution in [2.24, 2.45) is 5.92 Å². The van der Waals surface area contributed by atoms with E-state index in [0.717, 1.165) is 38.0 Å². The van der Waals surface area contributed by atoms with Crippen LogP contribution in [0, 0.1) is 11.7 Å². The van der Waals surface area contributed by atoms with Crippen molar-refractivity contribution in [3.8, 4) is 0 Å². The lowest BCUT2D eigenvalue weighted by Crippen LogP contribution is -2.44. The molecule has 7 heteroatoms. The number of imidazole rings is 1. The minimum atomic E-state index is -0.147. The van der Waals surface area contributed by atoms with Gasteiger partial charge in [0.25, 0.3) is 5.91 Å². The number of rotatable bonds is 8. The molecule has 1 aromatic heterocycles. The molecule has 0 spiro atoms. The molecule has 0 unspecified atom stereocenters. The highest BCUT2D eigenvalue weighted by atomic mass is 19.1. The molecule has 1 saturated heterocycles. The van der Waals surface area contributed by atoms with Crippen LogP contribution in [0.5, 0.6) is 0 Å². The fraction of sp³-hybridized carbons (Fsp3) is 0.524. The molecule has 2 aromatic rings. The van der Waals surface area contributed by atoms with E-state index in [2.05, 4.69) is 19.8 Å². The third-order valence-electron chi connectivity index (χ3n) is 5.27. The summed E-state index contributed by atoms with van der Waals surface area (Å²) in [6, 6.07) is 6.97. The van der Waals surface area contributed by atoms with Crippen LogP contribution >= 0.6 is 0 Å². The lowest BCUT2D eigenvalue weighted by molar-refractivity contribution is 0.0655. The summed E-state index contributed by atoms with van der Waals surface area (Å²) in [5.41, 5.74) is 1.26. The van der Waals surface area contributed by atoms with Gasteiger partial charge in [0.1, 0.15) is 11.5 Å². The maximum absolute atomic E-state index is 14.0. The summed E-state index contributed by atoms with van der Waals surface area (Å²) >= 11 is 0. The SMILES string of the molecule is CN(C)CCN(C[C@H]1CCCN(Cc2ccccc2F)C1)C(=O)c1cnc[nH]1. The van der Waals surface area contributed by atoms with E-state index >= 15 is 0 Å². The van der Waals surface area contributed by atoms with E-state index in [-0.39, 0.29) is 11.7 Å². The van der Waals surface area contributed by atoms with E-state index < -0.39 is 0 Å². The van der Waals surface area contributed by atoms with E-state index in [1.807, 2.05) is 31.1 Å². The standard InChI is InChI=1S/C21H30FN5O/c1-25(2)10-11-27(21(28)20-12-23-16-24-20)14-17-6-5-9-26(13-17)15-18-7-3-4-8-19(18)22/h3-4,7-8,12,16-17H,5-6,9-11,13-15H2,1-2H3,(H,23,24)/t17-/m0/s1. The maximum atomic E-state index is 14.0. The quantitative estimate of drug-likeness (QED) is 0.756. The van der Waals surface area contributed by atoms with Crippen molar-refractivity contribution in [2.45, 2.75) is 19.4 Å². The molecule has 0 aliphatic carbocycles. The Balaban J connectivity index is 1.62. The Bertz CT molecular complexity index is 749. The summed E-state index contributed by atoms with van der Waals surface area (Å²) in [4.78, 5) is 26.1. The Hall–Kier alpha value is -2.25. The zero-order chi connectivity index (χ0) is 19.9. The van der Waals surface area contributed by atoms with Crippen molar-refractivity contribution in [3.05, 3.63) is 53.9 Å². The van der Waals surface area contributed by atoms with E-state index in [1.165, 1.54) is 12.4 Å². The number of likely N-dealkylation sites (tertiary alicyclic amines) is 1. The van der Waals surface area contributed by atoms with Crippen molar-refractivity contribution in [1.29, 1.82) is 0 Å². The molecule has 0 radical (unpaired) electrons. The van der Waals surface area contributed by atoms with Gasteiger partial charge < -0.3 is 14.8 Å². The van der Waals surface area contributed by atoms with Gasteiger partial charge in [-0.15, -0.1) is 0 Å². The molecule has 1 aliphatic heterocycles. The minimum absolute atomic E-state index is 0.00872. The summed E-state index contributed by atoms with van der Waals surface area (Å²) in [5, 5.41) is 0. The molecular formula is C21H30FN5O. The first-order valence-corrected chi connectivity index (χ1v) is 9.91. The smallest absolute Gasteiger partial charge is 0.271 e. The number of benzene rings is 1. The van der Waals surface area contributed by atoms with Crippen LogP contribution in [0.2, 0.25) is 0 Å². The predicted molar refractivity (Wildman–Crippen MR) is 107 cm³/mol. The van der Waals surface area contributed by atoms with Gasteiger partial charge in [-0.1, -0.05) is 18.2 Å². The highest BCUT2D eigenvalue weighted by Gasteiger charge is 2.26. The second-order valence-corrected chi connectivity index (χ2v) is 7.85. The summed E-state index contributed by atoms with van der Waals surface area (Å²) in [6.45, 7) is 4.66. The summed E-state index contributed by atoms with van der Waals surface area (Å²) in [6.07, 6.45) is 5.27. The van der Waals surface area contributed by atoms with Crippen molar-refractivity contribution >= 4 is 5.91 Å². The molecule has 3 rings (SSSR count). The zero-order valence-corrected chi connectivity index (χ0v) is 16.8. The number of hydrogen-bond acceptors (Lipinski definition) is 4. The van der Waals surface area contributed by atoms with Crippen LogP contribution in [0.4, 0.5) is 4.39 Å². The molecule has 28 heavy (non-hydrogen) atoms. The number of amides is 1. The number of aromatic amines is 1. The van der Waals surface area contributed by atoms with Crippen LogP contribution in [0.15, 0.2) is 36.8 Å². The lowest BCUT2D eigenvalue weighted by atomic mass is 9.96. The summed E-state index contributed by atoms with van der Waals surface area (Å²) in [7, 11) is 4.02. The Morgan fingerprint density at radius 2 is 2.14 bits per heavy atom. The first-order chi connectivity index (χ1) is 13.5. The predicted octanol–water partition coefficient (Wildman–Crippen LogP) is 2.46. The van der Waals surface area contributed by atoms with Gasteiger partial charge in [0.15, 0.2) is 0 Å². The van der Waals surface area contributed by atoms with Crippen LogP contribution < -0.4 is 0 Å². The molecular weight excluding hydrogens is 357 g/mol. The first kappa shape index (κ1) is 20.5. The van der Waals surface area contributed by atoms with Gasteiger partial charge in [0.2, 0.25) is 0 Å². The molecule has 6 nitrogen and oxygen atoms in total. The average Bonchev–Trinajstić information content (AvgIpc) is 3.21. The number of H-pyrrole nitrogens is 1. The number of carbonyl (C=O) groups excluding carboxylic acids is 1. The van der Waals surface area contributed by atoms with Crippen LogP contribution in [0.3, 0.4) is 0 Å². The Morgan fingerprint density at radius 3 is 2.86 bits per heavy atom. The fourth-order valence-electron chi connectivity index (χ4n) is 3.76. The van der Waals surface area contributed by atoms with E-state index in [9.17, 15) is 9.18 Å². The second-order valence-electron chi connectivity index (χ2n) is 7.85. The molecule has 2 heterocycles. The fourth-order valence-corrected chi connectivity index (χ4v) is 3.76. The molecule has 1 amide bonds. The number of nitrogens with zero attached hydrogens (tertiary/aromatic N) is 4. The number of piperidine rings is 1. The van der Waals surface area contributed by atoms with Gasteiger partial charge in [-0.3, -0.25) is 9.69 Å². The number of hydrogen-bond donors (Lipinski definition) is 1. The molecule has 0 bridgehead atoms. The van der Waals surface area contributed by atoms with Gasteiger partial charge in [-0.05, 0) is 45.5 Å². The van der Waals surface area contributed by atoms with E-state index in [1.54, 1.807) is 12.3 Å². The third kappa shape index (κ3) is 5.62. The topological polar surface area (TPSA) is 55.5 Å². The highest BCUT2D eigenvalue weighted by molar-refractivity contribution is 5.92. The van der Waals surface area contributed by atoms with Gasteiger partial charge in [-0.25, -0.2) is 9.37 Å². The molecule has 1 atom stereocenters. The van der Waals surface area contributed by atoms with Crippen molar-refractivity contribution in [2.75, 3.05) is 46.8 Å². The Morgan fingerprint density at radius 1 is 1.32 bits per heavy atom. The van der Waals surface area contributed by atoms with Crippen LogP contribution in [-0.2, 0) is 6.54 Å². The Kier molecular flexibility index (Phi) is 7.17. The third-order valence-corrected chi connectivity index (χ3v) is 5.27. The van der Waals surface area contributed by atoms with E-state index in [0.29, 0.717) is 31.2 Å². The van der Waals surface area contributed by atoms with Gasteiger partial charge in [-0.2, -0.15) is 0 Å². The largest absolute Gasteiger partial charge is 0.341 e. The van der Waals surface area contributed by atoms with Crippen LogP contribution in [-0.4, -0.2) is 77.4 Å². The maximum Gasteiger partial charge on any atom is 0.271 e. The van der Waals surface area contributed by atoms with E-state index in [4.69, 9.17) is 0 Å². The number of aromatic nitrogens is 2. The van der Waals surface area contributed by atoms with Gasteiger partial charge in [0.05, 0.1) is 12.5 Å². The monoisotopic (exact) mass is 387 g/mol. The molecule has 1 aromatic carbocycles. The average molecular weight is 388 g/mol. The first-order valence-electron chi connectivity index (χ1n) is 9.91. The second kappa shape index (κ2) is 9.80. The minimum Gasteiger partial charge on any atom is -0.341 e. The molecule has 152 valence electrons. The van der Waals surface area contributed by atoms with Crippen LogP contribution in [0.25, 0.3) is 0 Å².